The number of para-hydroxylation sites is 2. The van der Waals surface area contributed by atoms with Crippen molar-refractivity contribution in [2.24, 2.45) is 0 Å². The Morgan fingerprint density at radius 1 is 1.00 bits per heavy atom. The van der Waals surface area contributed by atoms with Gasteiger partial charge in [0.25, 0.3) is 0 Å². The highest BCUT2D eigenvalue weighted by Gasteiger charge is 2.21. The first-order chi connectivity index (χ1) is 11.8. The van der Waals surface area contributed by atoms with Crippen LogP contribution in [0.5, 0.6) is 0 Å². The number of benzene rings is 2. The summed E-state index contributed by atoms with van der Waals surface area (Å²) in [6, 6.07) is 9.01. The van der Waals surface area contributed by atoms with Gasteiger partial charge in [0.1, 0.15) is 17.3 Å². The zero-order valence-corrected chi connectivity index (χ0v) is 14.4. The van der Waals surface area contributed by atoms with Crippen LogP contribution in [0.4, 0.5) is 20.2 Å². The molecule has 25 heavy (non-hydrogen) atoms. The van der Waals surface area contributed by atoms with Gasteiger partial charge in [-0.15, -0.1) is 0 Å². The van der Waals surface area contributed by atoms with Crippen LogP contribution in [-0.2, 0) is 9.59 Å². The molecule has 2 aromatic rings. The summed E-state index contributed by atoms with van der Waals surface area (Å²) in [5, 5.41) is 2.79. The molecule has 4 nitrogen and oxygen atoms in total. The number of carbonyl (C=O) groups is 2. The SMILES string of the molecule is CC(=O)N(CCC(=O)Nc1c(C)cccc1C)c1c(F)cccc1F. The van der Waals surface area contributed by atoms with Gasteiger partial charge in [-0.2, -0.15) is 0 Å². The maximum atomic E-state index is 13.9. The van der Waals surface area contributed by atoms with E-state index in [-0.39, 0.29) is 18.9 Å². The zero-order chi connectivity index (χ0) is 18.6. The molecule has 2 aromatic carbocycles. The van der Waals surface area contributed by atoms with Crippen LogP contribution in [0.3, 0.4) is 0 Å². The number of nitrogens with one attached hydrogen (secondary N) is 1. The van der Waals surface area contributed by atoms with Crippen LogP contribution in [0.1, 0.15) is 24.5 Å². The van der Waals surface area contributed by atoms with Gasteiger partial charge in [0.15, 0.2) is 0 Å². The third kappa shape index (κ3) is 4.41. The Labute approximate surface area is 145 Å². The minimum absolute atomic E-state index is 0.0822. The largest absolute Gasteiger partial charge is 0.326 e. The van der Waals surface area contributed by atoms with Gasteiger partial charge in [-0.05, 0) is 37.1 Å². The minimum atomic E-state index is -0.842. The van der Waals surface area contributed by atoms with Crippen molar-refractivity contribution < 1.29 is 18.4 Å². The maximum absolute atomic E-state index is 13.9. The van der Waals surface area contributed by atoms with E-state index in [4.69, 9.17) is 0 Å². The smallest absolute Gasteiger partial charge is 0.226 e. The van der Waals surface area contributed by atoms with Gasteiger partial charge in [-0.3, -0.25) is 9.59 Å². The van der Waals surface area contributed by atoms with Crippen molar-refractivity contribution in [2.45, 2.75) is 27.2 Å². The predicted octanol–water partition coefficient (Wildman–Crippen LogP) is 3.96. The highest BCUT2D eigenvalue weighted by atomic mass is 19.1. The number of anilines is 2. The molecule has 132 valence electrons. The second kappa shape index (κ2) is 7.88. The van der Waals surface area contributed by atoms with Crippen molar-refractivity contribution >= 4 is 23.2 Å². The molecule has 0 bridgehead atoms. The molecule has 0 aliphatic rings. The Bertz CT molecular complexity index is 766. The number of halogens is 2. The summed E-state index contributed by atoms with van der Waals surface area (Å²) in [5.74, 6) is -2.56. The van der Waals surface area contributed by atoms with Crippen LogP contribution < -0.4 is 10.2 Å². The molecule has 0 fully saturated rings. The molecule has 0 saturated heterocycles. The van der Waals surface area contributed by atoms with Crippen LogP contribution in [-0.4, -0.2) is 18.4 Å². The lowest BCUT2D eigenvalue weighted by molar-refractivity contribution is -0.117. The normalized spacial score (nSPS) is 10.4. The fourth-order valence-corrected chi connectivity index (χ4v) is 2.60. The van der Waals surface area contributed by atoms with E-state index in [2.05, 4.69) is 5.32 Å². The number of hydrogen-bond donors (Lipinski definition) is 1. The van der Waals surface area contributed by atoms with Crippen molar-refractivity contribution in [1.82, 2.24) is 0 Å². The first-order valence-electron chi connectivity index (χ1n) is 7.89. The Morgan fingerprint density at radius 2 is 1.52 bits per heavy atom. The molecule has 0 spiro atoms. The molecule has 0 atom stereocenters. The van der Waals surface area contributed by atoms with Gasteiger partial charge in [0, 0.05) is 25.6 Å². The van der Waals surface area contributed by atoms with Gasteiger partial charge in [-0.1, -0.05) is 24.3 Å². The topological polar surface area (TPSA) is 49.4 Å². The third-order valence-corrected chi connectivity index (χ3v) is 3.90. The van der Waals surface area contributed by atoms with Crippen LogP contribution in [0, 0.1) is 25.5 Å². The van der Waals surface area contributed by atoms with Crippen molar-refractivity contribution in [3.05, 3.63) is 59.2 Å². The van der Waals surface area contributed by atoms with E-state index in [0.29, 0.717) is 5.69 Å². The number of hydrogen-bond acceptors (Lipinski definition) is 2. The lowest BCUT2D eigenvalue weighted by Crippen LogP contribution is -2.33. The Morgan fingerprint density at radius 3 is 2.04 bits per heavy atom. The van der Waals surface area contributed by atoms with Crippen LogP contribution in [0.15, 0.2) is 36.4 Å². The number of aryl methyl sites for hydroxylation is 2. The van der Waals surface area contributed by atoms with E-state index in [1.165, 1.54) is 13.0 Å². The standard InChI is InChI=1S/C19H20F2N2O2/c1-12-6-4-7-13(2)18(12)22-17(25)10-11-23(14(3)24)19-15(20)8-5-9-16(19)21/h4-9H,10-11H2,1-3H3,(H,22,25). The molecule has 0 heterocycles. The van der Waals surface area contributed by atoms with E-state index < -0.39 is 23.2 Å². The second-order valence-electron chi connectivity index (χ2n) is 5.81. The maximum Gasteiger partial charge on any atom is 0.226 e. The minimum Gasteiger partial charge on any atom is -0.326 e. The predicted molar refractivity (Wildman–Crippen MR) is 93.5 cm³/mol. The van der Waals surface area contributed by atoms with Crippen LogP contribution >= 0.6 is 0 Å². The van der Waals surface area contributed by atoms with E-state index in [1.54, 1.807) is 0 Å². The van der Waals surface area contributed by atoms with Gasteiger partial charge in [-0.25, -0.2) is 8.78 Å². The summed E-state index contributed by atoms with van der Waals surface area (Å²) >= 11 is 0. The first kappa shape index (κ1) is 18.6. The average Bonchev–Trinajstić information content (AvgIpc) is 2.53. The Hall–Kier alpha value is -2.76. The van der Waals surface area contributed by atoms with E-state index in [1.807, 2.05) is 32.0 Å². The van der Waals surface area contributed by atoms with Crippen molar-refractivity contribution in [1.29, 1.82) is 0 Å². The van der Waals surface area contributed by atoms with Gasteiger partial charge < -0.3 is 10.2 Å². The second-order valence-corrected chi connectivity index (χ2v) is 5.81. The van der Waals surface area contributed by atoms with Gasteiger partial charge in [0.2, 0.25) is 11.8 Å². The summed E-state index contributed by atoms with van der Waals surface area (Å²) in [6.45, 7) is 4.83. The van der Waals surface area contributed by atoms with Gasteiger partial charge in [0.05, 0.1) is 0 Å². The molecule has 0 radical (unpaired) electrons. The number of amides is 2. The lowest BCUT2D eigenvalue weighted by Gasteiger charge is -2.22. The molecule has 0 saturated carbocycles. The number of nitrogens with zero attached hydrogens (tertiary/aromatic N) is 1. The van der Waals surface area contributed by atoms with E-state index >= 15 is 0 Å². The summed E-state index contributed by atoms with van der Waals surface area (Å²) in [6.07, 6.45) is -0.0822. The summed E-state index contributed by atoms with van der Waals surface area (Å²) < 4.78 is 27.8. The third-order valence-electron chi connectivity index (χ3n) is 3.90. The summed E-state index contributed by atoms with van der Waals surface area (Å²) in [4.78, 5) is 24.9. The summed E-state index contributed by atoms with van der Waals surface area (Å²) in [7, 11) is 0. The van der Waals surface area contributed by atoms with Crippen molar-refractivity contribution in [3.63, 3.8) is 0 Å². The first-order valence-corrected chi connectivity index (χ1v) is 7.89. The van der Waals surface area contributed by atoms with E-state index in [9.17, 15) is 18.4 Å². The molecule has 2 amide bonds. The fourth-order valence-electron chi connectivity index (χ4n) is 2.60. The quantitative estimate of drug-likeness (QED) is 0.891. The average molecular weight is 346 g/mol. The number of carbonyl (C=O) groups excluding carboxylic acids is 2. The molecular formula is C19H20F2N2O2. The Balaban J connectivity index is 2.12. The molecule has 0 aliphatic heterocycles. The molecule has 1 N–H and O–H groups in total. The van der Waals surface area contributed by atoms with E-state index in [0.717, 1.165) is 28.2 Å². The van der Waals surface area contributed by atoms with Crippen LogP contribution in [0.25, 0.3) is 0 Å². The van der Waals surface area contributed by atoms with Gasteiger partial charge >= 0.3 is 0 Å². The van der Waals surface area contributed by atoms with Crippen LogP contribution in [0.2, 0.25) is 0 Å². The highest BCUT2D eigenvalue weighted by Crippen LogP contribution is 2.24. The molecule has 0 unspecified atom stereocenters. The monoisotopic (exact) mass is 346 g/mol. The molecule has 6 heteroatoms. The molecule has 2 rings (SSSR count). The Kier molecular flexibility index (Phi) is 5.85. The lowest BCUT2D eigenvalue weighted by atomic mass is 10.1. The molecule has 0 aliphatic carbocycles. The summed E-state index contributed by atoms with van der Waals surface area (Å²) in [5.41, 5.74) is 2.10. The van der Waals surface area contributed by atoms with Crippen molar-refractivity contribution in [3.8, 4) is 0 Å². The highest BCUT2D eigenvalue weighted by molar-refractivity contribution is 5.95. The number of rotatable bonds is 5. The molecular weight excluding hydrogens is 326 g/mol. The fraction of sp³-hybridized carbons (Fsp3) is 0.263. The zero-order valence-electron chi connectivity index (χ0n) is 14.4. The van der Waals surface area contributed by atoms with Crippen molar-refractivity contribution in [2.75, 3.05) is 16.8 Å². The molecule has 0 aromatic heterocycles.